The largest absolute Gasteiger partial charge is 0.494 e. The third-order valence-electron chi connectivity index (χ3n) is 5.81. The van der Waals surface area contributed by atoms with Crippen LogP contribution in [0.5, 0.6) is 5.75 Å². The molecule has 33 heavy (non-hydrogen) atoms. The molecule has 178 valence electrons. The summed E-state index contributed by atoms with van der Waals surface area (Å²) in [7, 11) is -0.0415. The van der Waals surface area contributed by atoms with Crippen LogP contribution in [0.25, 0.3) is 22.4 Å². The van der Waals surface area contributed by atoms with Gasteiger partial charge in [0.25, 0.3) is 5.56 Å². The number of aryl methyl sites for hydroxylation is 2. The average Bonchev–Trinajstić information content (AvgIpc) is 3.10. The molecule has 0 unspecified atom stereocenters. The number of rotatable bonds is 7. The summed E-state index contributed by atoms with van der Waals surface area (Å²) in [6.07, 6.45) is 1.55. The van der Waals surface area contributed by atoms with Gasteiger partial charge in [-0.05, 0) is 32.5 Å². The van der Waals surface area contributed by atoms with Gasteiger partial charge >= 0.3 is 0 Å². The van der Waals surface area contributed by atoms with Gasteiger partial charge in [-0.3, -0.25) is 9.48 Å². The van der Waals surface area contributed by atoms with E-state index in [2.05, 4.69) is 20.0 Å². The topological polar surface area (TPSA) is 113 Å². The van der Waals surface area contributed by atoms with E-state index in [1.165, 1.54) is 15.1 Å². The van der Waals surface area contributed by atoms with Gasteiger partial charge in [-0.25, -0.2) is 13.4 Å². The highest BCUT2D eigenvalue weighted by Gasteiger charge is 2.29. The van der Waals surface area contributed by atoms with Gasteiger partial charge < -0.3 is 14.6 Å². The summed E-state index contributed by atoms with van der Waals surface area (Å²) in [5, 5.41) is 4.45. The first-order chi connectivity index (χ1) is 15.7. The van der Waals surface area contributed by atoms with Crippen molar-refractivity contribution < 1.29 is 13.2 Å². The van der Waals surface area contributed by atoms with Crippen molar-refractivity contribution in [2.75, 3.05) is 39.8 Å². The number of aromatic amines is 1. The Bertz CT molecular complexity index is 1320. The maximum absolute atomic E-state index is 13.4. The summed E-state index contributed by atoms with van der Waals surface area (Å²) in [6, 6.07) is 4.78. The molecule has 2 aromatic heterocycles. The smallest absolute Gasteiger partial charge is 0.277 e. The number of hydrogen-bond acceptors (Lipinski definition) is 7. The van der Waals surface area contributed by atoms with Crippen LogP contribution in [-0.2, 0) is 23.5 Å². The van der Waals surface area contributed by atoms with Crippen LogP contribution < -0.4 is 10.3 Å². The van der Waals surface area contributed by atoms with Crippen molar-refractivity contribution in [3.05, 3.63) is 34.2 Å². The molecule has 4 rings (SSSR count). The minimum atomic E-state index is -3.73. The van der Waals surface area contributed by atoms with E-state index in [0.717, 1.165) is 12.1 Å². The van der Waals surface area contributed by atoms with Crippen molar-refractivity contribution in [3.63, 3.8) is 0 Å². The zero-order valence-corrected chi connectivity index (χ0v) is 20.3. The lowest BCUT2D eigenvalue weighted by atomic mass is 10.2. The summed E-state index contributed by atoms with van der Waals surface area (Å²) in [6.45, 7) is 6.43. The first kappa shape index (κ1) is 23.4. The number of nitrogens with one attached hydrogen (secondary N) is 1. The molecule has 0 atom stereocenters. The van der Waals surface area contributed by atoms with Gasteiger partial charge in [0, 0.05) is 44.9 Å². The molecule has 1 fully saturated rings. The number of aromatic nitrogens is 4. The standard InChI is InChI=1S/C22H30N6O4S/c1-5-7-18-19-20(27(4)25-18)22(29)24-21(23-19)15-12-16(32-6-2)14-17(13-15)33(30,31)28-10-8-26(3)9-11-28/h12-14H,5-11H2,1-4H3,(H,23,24,29). The summed E-state index contributed by atoms with van der Waals surface area (Å²) in [4.78, 5) is 22.6. The molecule has 0 bridgehead atoms. The van der Waals surface area contributed by atoms with Crippen LogP contribution in [0.3, 0.4) is 0 Å². The number of piperazine rings is 1. The molecule has 1 aliphatic heterocycles. The molecule has 1 aromatic carbocycles. The number of likely N-dealkylation sites (N-methyl/N-ethyl adjacent to an activating group) is 1. The van der Waals surface area contributed by atoms with E-state index in [0.29, 0.717) is 61.6 Å². The van der Waals surface area contributed by atoms with Crippen molar-refractivity contribution in [2.24, 2.45) is 7.05 Å². The predicted molar refractivity (Wildman–Crippen MR) is 126 cm³/mol. The van der Waals surface area contributed by atoms with Crippen molar-refractivity contribution in [2.45, 2.75) is 31.6 Å². The molecule has 0 spiro atoms. The van der Waals surface area contributed by atoms with E-state index in [1.807, 2.05) is 20.9 Å². The fourth-order valence-electron chi connectivity index (χ4n) is 4.07. The predicted octanol–water partition coefficient (Wildman–Crippen LogP) is 1.61. The maximum Gasteiger partial charge on any atom is 0.277 e. The lowest BCUT2D eigenvalue weighted by molar-refractivity contribution is 0.222. The van der Waals surface area contributed by atoms with Crippen LogP contribution in [0.1, 0.15) is 26.0 Å². The molecular weight excluding hydrogens is 444 g/mol. The van der Waals surface area contributed by atoms with Gasteiger partial charge in [0.2, 0.25) is 10.0 Å². The molecule has 0 amide bonds. The average molecular weight is 475 g/mol. The third-order valence-corrected chi connectivity index (χ3v) is 7.69. The van der Waals surface area contributed by atoms with Gasteiger partial charge in [0.1, 0.15) is 17.1 Å². The first-order valence-corrected chi connectivity index (χ1v) is 12.6. The van der Waals surface area contributed by atoms with Crippen molar-refractivity contribution in [3.8, 4) is 17.1 Å². The van der Waals surface area contributed by atoms with Crippen molar-refractivity contribution in [1.29, 1.82) is 0 Å². The van der Waals surface area contributed by atoms with E-state index in [4.69, 9.17) is 4.74 Å². The van der Waals surface area contributed by atoms with Gasteiger partial charge in [0.15, 0.2) is 5.52 Å². The van der Waals surface area contributed by atoms with Gasteiger partial charge in [-0.2, -0.15) is 9.40 Å². The zero-order chi connectivity index (χ0) is 23.8. The van der Waals surface area contributed by atoms with Crippen LogP contribution in [0.2, 0.25) is 0 Å². The number of fused-ring (bicyclic) bond motifs is 1. The van der Waals surface area contributed by atoms with E-state index >= 15 is 0 Å². The first-order valence-electron chi connectivity index (χ1n) is 11.2. The fraction of sp³-hybridized carbons (Fsp3) is 0.500. The molecular formula is C22H30N6O4S. The van der Waals surface area contributed by atoms with Crippen LogP contribution in [0.4, 0.5) is 0 Å². The normalized spacial score (nSPS) is 15.9. The second-order valence-corrected chi connectivity index (χ2v) is 10.2. The molecule has 3 aromatic rings. The van der Waals surface area contributed by atoms with Gasteiger partial charge in [-0.1, -0.05) is 13.3 Å². The van der Waals surface area contributed by atoms with E-state index in [1.54, 1.807) is 19.2 Å². The molecule has 1 aliphatic rings. The highest BCUT2D eigenvalue weighted by atomic mass is 32.2. The fourth-order valence-corrected chi connectivity index (χ4v) is 5.56. The number of benzene rings is 1. The van der Waals surface area contributed by atoms with E-state index in [9.17, 15) is 13.2 Å². The number of sulfonamides is 1. The van der Waals surface area contributed by atoms with Crippen LogP contribution in [0, 0.1) is 0 Å². The number of H-pyrrole nitrogens is 1. The van der Waals surface area contributed by atoms with E-state index < -0.39 is 10.0 Å². The second kappa shape index (κ2) is 9.24. The second-order valence-electron chi connectivity index (χ2n) is 8.27. The quantitative estimate of drug-likeness (QED) is 0.553. The molecule has 10 nitrogen and oxygen atoms in total. The Morgan fingerprint density at radius 2 is 1.82 bits per heavy atom. The summed E-state index contributed by atoms with van der Waals surface area (Å²) < 4.78 is 35.5. The molecule has 11 heteroatoms. The van der Waals surface area contributed by atoms with Crippen LogP contribution >= 0.6 is 0 Å². The Balaban J connectivity index is 1.84. The van der Waals surface area contributed by atoms with Crippen LogP contribution in [0.15, 0.2) is 27.9 Å². The highest BCUT2D eigenvalue weighted by molar-refractivity contribution is 7.89. The number of nitrogens with zero attached hydrogens (tertiary/aromatic N) is 5. The maximum atomic E-state index is 13.4. The minimum Gasteiger partial charge on any atom is -0.494 e. The molecule has 3 heterocycles. The van der Waals surface area contributed by atoms with Crippen molar-refractivity contribution >= 4 is 21.1 Å². The highest BCUT2D eigenvalue weighted by Crippen LogP contribution is 2.29. The Hall–Kier alpha value is -2.76. The Kier molecular flexibility index (Phi) is 6.55. The molecule has 1 saturated heterocycles. The summed E-state index contributed by atoms with van der Waals surface area (Å²) >= 11 is 0. The van der Waals surface area contributed by atoms with Crippen molar-refractivity contribution in [1.82, 2.24) is 29.0 Å². The Labute approximate surface area is 193 Å². The minimum absolute atomic E-state index is 0.121. The molecule has 0 radical (unpaired) electrons. The third kappa shape index (κ3) is 4.53. The Morgan fingerprint density at radius 1 is 1.09 bits per heavy atom. The lowest BCUT2D eigenvalue weighted by Gasteiger charge is -2.31. The summed E-state index contributed by atoms with van der Waals surface area (Å²) in [5.74, 6) is 0.694. The molecule has 1 N–H and O–H groups in total. The zero-order valence-electron chi connectivity index (χ0n) is 19.5. The van der Waals surface area contributed by atoms with Gasteiger partial charge in [-0.15, -0.1) is 0 Å². The Morgan fingerprint density at radius 3 is 2.48 bits per heavy atom. The number of ether oxygens (including phenoxy) is 1. The van der Waals surface area contributed by atoms with E-state index in [-0.39, 0.29) is 16.3 Å². The lowest BCUT2D eigenvalue weighted by Crippen LogP contribution is -2.47. The monoisotopic (exact) mass is 474 g/mol. The number of hydrogen-bond donors (Lipinski definition) is 1. The molecule has 0 saturated carbocycles. The summed E-state index contributed by atoms with van der Waals surface area (Å²) in [5.41, 5.74) is 1.82. The van der Waals surface area contributed by atoms with Gasteiger partial charge in [0.05, 0.1) is 17.2 Å². The SMILES string of the molecule is CCCc1nn(C)c2c(=O)[nH]c(-c3cc(OCC)cc(S(=O)(=O)N4CCN(C)CC4)c3)nc12. The van der Waals surface area contributed by atoms with Crippen LogP contribution in [-0.4, -0.2) is 77.2 Å². The molecule has 0 aliphatic carbocycles.